The lowest BCUT2D eigenvalue weighted by Crippen LogP contribution is -2.41. The minimum absolute atomic E-state index is 0.265. The topological polar surface area (TPSA) is 38.3 Å². The Morgan fingerprint density at radius 2 is 1.94 bits per heavy atom. The lowest BCUT2D eigenvalue weighted by atomic mass is 9.62. The smallest absolute Gasteiger partial charge is 0.407 e. The van der Waals surface area contributed by atoms with E-state index in [1.165, 1.54) is 38.5 Å². The van der Waals surface area contributed by atoms with E-state index in [2.05, 4.69) is 5.32 Å². The molecule has 2 aliphatic rings. The van der Waals surface area contributed by atoms with Crippen molar-refractivity contribution in [1.29, 1.82) is 0 Å². The predicted molar refractivity (Wildman–Crippen MR) is 67.9 cm³/mol. The summed E-state index contributed by atoms with van der Waals surface area (Å²) in [6.07, 6.45) is 7.83. The zero-order valence-electron chi connectivity index (χ0n) is 11.3. The molecular formula is C14H25NO2. The molecule has 3 heteroatoms. The molecule has 0 aliphatic heterocycles. The summed E-state index contributed by atoms with van der Waals surface area (Å²) >= 11 is 0. The van der Waals surface area contributed by atoms with Crippen LogP contribution in [0.5, 0.6) is 0 Å². The van der Waals surface area contributed by atoms with Crippen molar-refractivity contribution in [3.63, 3.8) is 0 Å². The van der Waals surface area contributed by atoms with Gasteiger partial charge in [-0.1, -0.05) is 12.8 Å². The molecule has 98 valence electrons. The van der Waals surface area contributed by atoms with Crippen LogP contribution in [-0.4, -0.2) is 18.2 Å². The van der Waals surface area contributed by atoms with Gasteiger partial charge in [-0.15, -0.1) is 0 Å². The fourth-order valence-electron chi connectivity index (χ4n) is 3.34. The molecule has 0 heterocycles. The molecule has 0 radical (unpaired) electrons. The summed E-state index contributed by atoms with van der Waals surface area (Å²) in [6.45, 7) is 6.50. The van der Waals surface area contributed by atoms with Crippen molar-refractivity contribution in [3.05, 3.63) is 0 Å². The first-order chi connectivity index (χ1) is 7.91. The first-order valence-corrected chi connectivity index (χ1v) is 6.88. The molecule has 1 unspecified atom stereocenters. The molecule has 1 spiro atoms. The van der Waals surface area contributed by atoms with Crippen LogP contribution in [0.15, 0.2) is 0 Å². The van der Waals surface area contributed by atoms with E-state index >= 15 is 0 Å². The Morgan fingerprint density at radius 3 is 2.47 bits per heavy atom. The Morgan fingerprint density at radius 1 is 1.29 bits per heavy atom. The first kappa shape index (κ1) is 12.7. The number of hydrogen-bond donors (Lipinski definition) is 1. The van der Waals surface area contributed by atoms with E-state index in [-0.39, 0.29) is 6.09 Å². The Balaban J connectivity index is 1.76. The van der Waals surface area contributed by atoms with Crippen LogP contribution in [-0.2, 0) is 4.74 Å². The SMILES string of the molecule is CC(C)(C)OC(=O)NCC1CCCC12CCC2. The van der Waals surface area contributed by atoms with Crippen LogP contribution in [0.2, 0.25) is 0 Å². The van der Waals surface area contributed by atoms with Gasteiger partial charge in [-0.3, -0.25) is 0 Å². The maximum Gasteiger partial charge on any atom is 0.407 e. The molecule has 0 aromatic heterocycles. The lowest BCUT2D eigenvalue weighted by Gasteiger charge is -2.43. The lowest BCUT2D eigenvalue weighted by molar-refractivity contribution is 0.0444. The van der Waals surface area contributed by atoms with Gasteiger partial charge in [-0.05, 0) is 57.8 Å². The number of amides is 1. The summed E-state index contributed by atoms with van der Waals surface area (Å²) in [5.74, 6) is 0.684. The number of alkyl carbamates (subject to hydrolysis) is 1. The third kappa shape index (κ3) is 2.93. The molecule has 17 heavy (non-hydrogen) atoms. The molecule has 0 saturated heterocycles. The summed E-state index contributed by atoms with van der Waals surface area (Å²) in [4.78, 5) is 11.6. The van der Waals surface area contributed by atoms with Crippen LogP contribution in [0.3, 0.4) is 0 Å². The van der Waals surface area contributed by atoms with Gasteiger partial charge >= 0.3 is 6.09 Å². The second kappa shape index (κ2) is 4.51. The van der Waals surface area contributed by atoms with Crippen LogP contribution in [0.1, 0.15) is 59.3 Å². The molecule has 0 bridgehead atoms. The van der Waals surface area contributed by atoms with Crippen molar-refractivity contribution in [1.82, 2.24) is 5.32 Å². The van der Waals surface area contributed by atoms with Gasteiger partial charge in [0.05, 0.1) is 0 Å². The second-order valence-corrected chi connectivity index (χ2v) is 6.69. The van der Waals surface area contributed by atoms with Crippen molar-refractivity contribution in [2.24, 2.45) is 11.3 Å². The number of hydrogen-bond acceptors (Lipinski definition) is 2. The zero-order valence-corrected chi connectivity index (χ0v) is 11.3. The molecule has 0 aromatic carbocycles. The van der Waals surface area contributed by atoms with Crippen molar-refractivity contribution >= 4 is 6.09 Å². The molecule has 1 N–H and O–H groups in total. The van der Waals surface area contributed by atoms with Crippen LogP contribution >= 0.6 is 0 Å². The Kier molecular flexibility index (Phi) is 3.37. The van der Waals surface area contributed by atoms with Crippen LogP contribution in [0.25, 0.3) is 0 Å². The normalized spacial score (nSPS) is 26.6. The molecule has 2 saturated carbocycles. The summed E-state index contributed by atoms with van der Waals surface area (Å²) < 4.78 is 5.27. The second-order valence-electron chi connectivity index (χ2n) is 6.69. The Hall–Kier alpha value is -0.730. The highest BCUT2D eigenvalue weighted by molar-refractivity contribution is 5.67. The maximum atomic E-state index is 11.6. The highest BCUT2D eigenvalue weighted by atomic mass is 16.6. The molecule has 2 aliphatic carbocycles. The number of rotatable bonds is 2. The van der Waals surface area contributed by atoms with Gasteiger partial charge in [-0.25, -0.2) is 4.79 Å². The number of nitrogens with one attached hydrogen (secondary N) is 1. The highest BCUT2D eigenvalue weighted by Crippen LogP contribution is 2.56. The van der Waals surface area contributed by atoms with Crippen molar-refractivity contribution in [3.8, 4) is 0 Å². The molecule has 1 atom stereocenters. The van der Waals surface area contributed by atoms with E-state index in [1.807, 2.05) is 20.8 Å². The van der Waals surface area contributed by atoms with Gasteiger partial charge in [0, 0.05) is 6.54 Å². The summed E-state index contributed by atoms with van der Waals surface area (Å²) in [5, 5.41) is 2.94. The highest BCUT2D eigenvalue weighted by Gasteiger charge is 2.46. The average molecular weight is 239 g/mol. The van der Waals surface area contributed by atoms with Crippen molar-refractivity contribution in [2.75, 3.05) is 6.54 Å². The fourth-order valence-corrected chi connectivity index (χ4v) is 3.34. The summed E-state index contributed by atoms with van der Waals surface area (Å²) in [6, 6.07) is 0. The Bertz CT molecular complexity index is 289. The molecule has 0 aromatic rings. The number of ether oxygens (including phenoxy) is 1. The molecule has 3 nitrogen and oxygen atoms in total. The van der Waals surface area contributed by atoms with Gasteiger partial charge in [-0.2, -0.15) is 0 Å². The third-order valence-corrected chi connectivity index (χ3v) is 4.33. The molecule has 2 fully saturated rings. The summed E-state index contributed by atoms with van der Waals surface area (Å²) in [5.41, 5.74) is 0.183. The van der Waals surface area contributed by atoms with E-state index in [1.54, 1.807) is 0 Å². The number of carbonyl (C=O) groups excluding carboxylic acids is 1. The Labute approximate surface area is 104 Å². The van der Waals surface area contributed by atoms with Gasteiger partial charge in [0.15, 0.2) is 0 Å². The maximum absolute atomic E-state index is 11.6. The molecule has 2 rings (SSSR count). The third-order valence-electron chi connectivity index (χ3n) is 4.33. The first-order valence-electron chi connectivity index (χ1n) is 6.88. The average Bonchev–Trinajstić information content (AvgIpc) is 2.54. The fraction of sp³-hybridized carbons (Fsp3) is 0.929. The quantitative estimate of drug-likeness (QED) is 0.801. The van der Waals surface area contributed by atoms with Crippen LogP contribution in [0.4, 0.5) is 4.79 Å². The van der Waals surface area contributed by atoms with E-state index in [0.29, 0.717) is 11.3 Å². The van der Waals surface area contributed by atoms with E-state index in [0.717, 1.165) is 6.54 Å². The van der Waals surface area contributed by atoms with Crippen LogP contribution < -0.4 is 5.32 Å². The van der Waals surface area contributed by atoms with Gasteiger partial charge < -0.3 is 10.1 Å². The van der Waals surface area contributed by atoms with Gasteiger partial charge in [0.25, 0.3) is 0 Å². The van der Waals surface area contributed by atoms with E-state index < -0.39 is 5.60 Å². The van der Waals surface area contributed by atoms with Crippen molar-refractivity contribution in [2.45, 2.75) is 64.9 Å². The molecule has 1 amide bonds. The number of carbonyl (C=O) groups is 1. The van der Waals surface area contributed by atoms with Gasteiger partial charge in [0.2, 0.25) is 0 Å². The van der Waals surface area contributed by atoms with E-state index in [4.69, 9.17) is 4.74 Å². The minimum Gasteiger partial charge on any atom is -0.444 e. The predicted octanol–water partition coefficient (Wildman–Crippen LogP) is 3.48. The van der Waals surface area contributed by atoms with Crippen LogP contribution in [0, 0.1) is 11.3 Å². The largest absolute Gasteiger partial charge is 0.444 e. The van der Waals surface area contributed by atoms with E-state index in [9.17, 15) is 4.79 Å². The zero-order chi connectivity index (χ0) is 12.5. The van der Waals surface area contributed by atoms with Gasteiger partial charge in [0.1, 0.15) is 5.60 Å². The standard InChI is InChI=1S/C14H25NO2/c1-13(2,3)17-12(16)15-10-11-6-4-7-14(11)8-5-9-14/h11H,4-10H2,1-3H3,(H,15,16). The van der Waals surface area contributed by atoms with Crippen molar-refractivity contribution < 1.29 is 9.53 Å². The molecular weight excluding hydrogens is 214 g/mol. The monoisotopic (exact) mass is 239 g/mol. The minimum atomic E-state index is -0.395. The summed E-state index contributed by atoms with van der Waals surface area (Å²) in [7, 11) is 0.